The topological polar surface area (TPSA) is 69.9 Å². The van der Waals surface area contributed by atoms with Gasteiger partial charge >= 0.3 is 5.97 Å². The lowest BCUT2D eigenvalue weighted by molar-refractivity contribution is -0.142. The van der Waals surface area contributed by atoms with Gasteiger partial charge in [-0.1, -0.05) is 36.9 Å². The number of ether oxygens (including phenoxy) is 1. The van der Waals surface area contributed by atoms with Crippen molar-refractivity contribution in [2.75, 3.05) is 6.61 Å². The van der Waals surface area contributed by atoms with Crippen LogP contribution in [0.3, 0.4) is 0 Å². The average molecular weight is 292 g/mol. The first-order valence-electron chi connectivity index (χ1n) is 6.43. The highest BCUT2D eigenvalue weighted by molar-refractivity contribution is 8.00. The van der Waals surface area contributed by atoms with Crippen LogP contribution in [0.1, 0.15) is 20.3 Å². The molecule has 0 N–H and O–H groups in total. The summed E-state index contributed by atoms with van der Waals surface area (Å²) in [6, 6.07) is 9.56. The van der Waals surface area contributed by atoms with Crippen LogP contribution < -0.4 is 0 Å². The Morgan fingerprint density at radius 2 is 2.10 bits per heavy atom. The van der Waals surface area contributed by atoms with E-state index in [4.69, 9.17) is 4.74 Å². The molecule has 0 spiro atoms. The number of esters is 1. The molecule has 6 nitrogen and oxygen atoms in total. The van der Waals surface area contributed by atoms with E-state index < -0.39 is 0 Å². The number of hydrogen-bond donors (Lipinski definition) is 0. The van der Waals surface area contributed by atoms with Crippen LogP contribution >= 0.6 is 11.8 Å². The van der Waals surface area contributed by atoms with E-state index in [1.807, 2.05) is 37.3 Å². The van der Waals surface area contributed by atoms with Crippen molar-refractivity contribution in [2.45, 2.75) is 30.7 Å². The highest BCUT2D eigenvalue weighted by Crippen LogP contribution is 2.25. The lowest BCUT2D eigenvalue weighted by Crippen LogP contribution is -2.20. The molecule has 0 aliphatic carbocycles. The van der Waals surface area contributed by atoms with Gasteiger partial charge in [0.1, 0.15) is 5.25 Å². The molecule has 1 unspecified atom stereocenters. The van der Waals surface area contributed by atoms with Crippen LogP contribution in [0, 0.1) is 0 Å². The Morgan fingerprint density at radius 1 is 1.35 bits per heavy atom. The number of rotatable bonds is 6. The molecule has 7 heteroatoms. The van der Waals surface area contributed by atoms with Crippen molar-refractivity contribution in [3.05, 3.63) is 30.3 Å². The second kappa shape index (κ2) is 7.04. The number of carbonyl (C=O) groups excluding carboxylic acids is 1. The SMILES string of the molecule is CCOC(=O)C(CC)Sc1nnnn1-c1ccccc1. The Bertz CT molecular complexity index is 559. The number of thioether (sulfide) groups is 1. The van der Waals surface area contributed by atoms with Gasteiger partial charge in [-0.2, -0.15) is 4.68 Å². The van der Waals surface area contributed by atoms with Gasteiger partial charge in [0.05, 0.1) is 12.3 Å². The number of nitrogens with zero attached hydrogens (tertiary/aromatic N) is 4. The molecule has 0 saturated heterocycles. The molecule has 0 amide bonds. The smallest absolute Gasteiger partial charge is 0.319 e. The summed E-state index contributed by atoms with van der Waals surface area (Å²) < 4.78 is 6.67. The van der Waals surface area contributed by atoms with Crippen molar-refractivity contribution in [3.8, 4) is 5.69 Å². The Balaban J connectivity index is 2.18. The normalized spacial score (nSPS) is 12.1. The first-order valence-corrected chi connectivity index (χ1v) is 7.31. The van der Waals surface area contributed by atoms with Crippen LogP contribution in [0.4, 0.5) is 0 Å². The van der Waals surface area contributed by atoms with Gasteiger partial charge in [-0.05, 0) is 35.9 Å². The van der Waals surface area contributed by atoms with Gasteiger partial charge < -0.3 is 4.74 Å². The van der Waals surface area contributed by atoms with E-state index in [-0.39, 0.29) is 11.2 Å². The third kappa shape index (κ3) is 3.36. The lowest BCUT2D eigenvalue weighted by atomic mass is 10.3. The van der Waals surface area contributed by atoms with Crippen molar-refractivity contribution in [3.63, 3.8) is 0 Å². The lowest BCUT2D eigenvalue weighted by Gasteiger charge is -2.12. The van der Waals surface area contributed by atoms with E-state index in [2.05, 4.69) is 15.5 Å². The molecule has 0 bridgehead atoms. The quantitative estimate of drug-likeness (QED) is 0.600. The minimum Gasteiger partial charge on any atom is -0.465 e. The highest BCUT2D eigenvalue weighted by atomic mass is 32.2. The Hall–Kier alpha value is -1.89. The second-order valence-corrected chi connectivity index (χ2v) is 5.15. The van der Waals surface area contributed by atoms with Gasteiger partial charge in [0.15, 0.2) is 0 Å². The fraction of sp³-hybridized carbons (Fsp3) is 0.385. The van der Waals surface area contributed by atoms with E-state index in [0.29, 0.717) is 18.2 Å². The molecular formula is C13H16N4O2S. The standard InChI is InChI=1S/C13H16N4O2S/c1-3-11(12(18)19-4-2)20-13-14-15-16-17(13)10-8-6-5-7-9-10/h5-9,11H,3-4H2,1-2H3. The molecule has 1 atom stereocenters. The summed E-state index contributed by atoms with van der Waals surface area (Å²) in [5, 5.41) is 11.9. The molecule has 0 aliphatic rings. The van der Waals surface area contributed by atoms with Crippen LogP contribution in [0.2, 0.25) is 0 Å². The van der Waals surface area contributed by atoms with Crippen LogP contribution in [0.5, 0.6) is 0 Å². The Morgan fingerprint density at radius 3 is 2.75 bits per heavy atom. The molecule has 0 aliphatic heterocycles. The Kier molecular flexibility index (Phi) is 5.11. The zero-order valence-corrected chi connectivity index (χ0v) is 12.2. The number of para-hydroxylation sites is 1. The molecule has 106 valence electrons. The fourth-order valence-corrected chi connectivity index (χ4v) is 2.56. The summed E-state index contributed by atoms with van der Waals surface area (Å²) in [4.78, 5) is 11.8. The van der Waals surface area contributed by atoms with Crippen molar-refractivity contribution >= 4 is 17.7 Å². The zero-order valence-electron chi connectivity index (χ0n) is 11.4. The molecule has 0 radical (unpaired) electrons. The summed E-state index contributed by atoms with van der Waals surface area (Å²) in [5.74, 6) is -0.234. The molecule has 2 rings (SSSR count). The van der Waals surface area contributed by atoms with Crippen LogP contribution in [0.15, 0.2) is 35.5 Å². The molecule has 20 heavy (non-hydrogen) atoms. The van der Waals surface area contributed by atoms with Gasteiger partial charge in [0, 0.05) is 0 Å². The van der Waals surface area contributed by atoms with E-state index in [9.17, 15) is 4.79 Å². The summed E-state index contributed by atoms with van der Waals surface area (Å²) >= 11 is 1.32. The van der Waals surface area contributed by atoms with Crippen molar-refractivity contribution in [1.82, 2.24) is 20.2 Å². The minimum atomic E-state index is -0.302. The summed E-state index contributed by atoms with van der Waals surface area (Å²) in [7, 11) is 0. The minimum absolute atomic E-state index is 0.234. The zero-order chi connectivity index (χ0) is 14.4. The van der Waals surface area contributed by atoms with Crippen LogP contribution in [-0.4, -0.2) is 38.0 Å². The van der Waals surface area contributed by atoms with Gasteiger partial charge in [-0.15, -0.1) is 5.10 Å². The molecule has 1 aromatic heterocycles. The third-order valence-electron chi connectivity index (χ3n) is 2.61. The van der Waals surface area contributed by atoms with E-state index >= 15 is 0 Å². The molecular weight excluding hydrogens is 276 g/mol. The van der Waals surface area contributed by atoms with Crippen molar-refractivity contribution in [2.24, 2.45) is 0 Å². The predicted octanol–water partition coefficient (Wildman–Crippen LogP) is 2.10. The number of aromatic nitrogens is 4. The molecule has 0 fully saturated rings. The predicted molar refractivity (Wildman–Crippen MR) is 75.7 cm³/mol. The van der Waals surface area contributed by atoms with Gasteiger partial charge in [0.25, 0.3) is 0 Å². The number of tetrazole rings is 1. The van der Waals surface area contributed by atoms with Crippen LogP contribution in [-0.2, 0) is 9.53 Å². The number of hydrogen-bond acceptors (Lipinski definition) is 6. The van der Waals surface area contributed by atoms with Gasteiger partial charge in [-0.25, -0.2) is 0 Å². The maximum absolute atomic E-state index is 11.8. The maximum atomic E-state index is 11.8. The van der Waals surface area contributed by atoms with E-state index in [1.165, 1.54) is 11.8 Å². The maximum Gasteiger partial charge on any atom is 0.319 e. The largest absolute Gasteiger partial charge is 0.465 e. The number of carbonyl (C=O) groups is 1. The Labute approximate surface area is 121 Å². The van der Waals surface area contributed by atoms with E-state index in [0.717, 1.165) is 5.69 Å². The van der Waals surface area contributed by atoms with Gasteiger partial charge in [-0.3, -0.25) is 4.79 Å². The van der Waals surface area contributed by atoms with Crippen LogP contribution in [0.25, 0.3) is 5.69 Å². The summed E-state index contributed by atoms with van der Waals surface area (Å²) in [6.45, 7) is 4.11. The summed E-state index contributed by atoms with van der Waals surface area (Å²) in [6.07, 6.45) is 0.658. The van der Waals surface area contributed by atoms with E-state index in [1.54, 1.807) is 11.6 Å². The first kappa shape index (κ1) is 14.5. The average Bonchev–Trinajstić information content (AvgIpc) is 2.94. The number of benzene rings is 1. The third-order valence-corrected chi connectivity index (χ3v) is 3.89. The second-order valence-electron chi connectivity index (χ2n) is 3.98. The molecule has 0 saturated carbocycles. The highest BCUT2D eigenvalue weighted by Gasteiger charge is 2.22. The van der Waals surface area contributed by atoms with Crippen molar-refractivity contribution < 1.29 is 9.53 Å². The molecule has 2 aromatic rings. The molecule has 1 aromatic carbocycles. The summed E-state index contributed by atoms with van der Waals surface area (Å²) in [5.41, 5.74) is 0.860. The van der Waals surface area contributed by atoms with Gasteiger partial charge in [0.2, 0.25) is 5.16 Å². The monoisotopic (exact) mass is 292 g/mol. The molecule has 1 heterocycles. The fourth-order valence-electron chi connectivity index (χ4n) is 1.64. The van der Waals surface area contributed by atoms with Crippen molar-refractivity contribution in [1.29, 1.82) is 0 Å². The first-order chi connectivity index (χ1) is 9.76.